The number of hydrogen-bond donors (Lipinski definition) is 3. The first-order chi connectivity index (χ1) is 14.3. The predicted octanol–water partition coefficient (Wildman–Crippen LogP) is 1.06. The molecule has 0 bridgehead atoms. The molecule has 0 amide bonds. The molecule has 0 aliphatic carbocycles. The Morgan fingerprint density at radius 1 is 1.31 bits per heavy atom. The summed E-state index contributed by atoms with van der Waals surface area (Å²) in [5.41, 5.74) is 2.72. The molecule has 1 unspecified atom stereocenters. The average molecular weight is 411 g/mol. The number of aromatic nitrogens is 5. The minimum Gasteiger partial charge on any atom is -0.394 e. The van der Waals surface area contributed by atoms with Crippen LogP contribution in [0.4, 0.5) is 5.82 Å². The van der Waals surface area contributed by atoms with Crippen LogP contribution < -0.4 is 10.2 Å². The third-order valence-electron chi connectivity index (χ3n) is 5.66. The third kappa shape index (κ3) is 3.35. The molecule has 3 aromatic heterocycles. The van der Waals surface area contributed by atoms with Gasteiger partial charge in [0.1, 0.15) is 23.7 Å². The fraction of sp³-hybridized carbons (Fsp3) is 0.400. The van der Waals surface area contributed by atoms with E-state index in [0.29, 0.717) is 5.78 Å². The first-order valence-corrected chi connectivity index (χ1v) is 10.9. The average Bonchev–Trinajstić information content (AvgIpc) is 3.36. The number of nitrogens with one attached hydrogen (secondary N) is 2. The van der Waals surface area contributed by atoms with Crippen molar-refractivity contribution < 1.29 is 10.0 Å². The molecule has 1 aliphatic rings. The van der Waals surface area contributed by atoms with E-state index in [2.05, 4.69) is 63.1 Å². The summed E-state index contributed by atoms with van der Waals surface area (Å²) in [6.45, 7) is 5.22. The number of aliphatic hydroxyl groups is 1. The van der Waals surface area contributed by atoms with E-state index in [4.69, 9.17) is 0 Å². The van der Waals surface area contributed by atoms with E-state index in [1.54, 1.807) is 20.8 Å². The van der Waals surface area contributed by atoms with E-state index in [-0.39, 0.29) is 12.6 Å². The Balaban J connectivity index is 1.55. The van der Waals surface area contributed by atoms with Gasteiger partial charge in [-0.2, -0.15) is 9.50 Å². The number of thiophene rings is 1. The topological polar surface area (TPSA) is 92.7 Å². The zero-order valence-corrected chi connectivity index (χ0v) is 17.1. The van der Waals surface area contributed by atoms with Gasteiger partial charge in [-0.15, -0.1) is 11.3 Å². The summed E-state index contributed by atoms with van der Waals surface area (Å²) in [5.74, 6) is 1.27. The van der Waals surface area contributed by atoms with Gasteiger partial charge < -0.3 is 15.3 Å². The second kappa shape index (κ2) is 7.66. The minimum atomic E-state index is -0.0385. The van der Waals surface area contributed by atoms with Gasteiger partial charge in [-0.25, -0.2) is 0 Å². The monoisotopic (exact) mass is 410 g/mol. The van der Waals surface area contributed by atoms with Gasteiger partial charge in [0.15, 0.2) is 0 Å². The van der Waals surface area contributed by atoms with Crippen LogP contribution in [0.5, 0.6) is 0 Å². The highest BCUT2D eigenvalue weighted by Gasteiger charge is 2.28. The molecule has 0 spiro atoms. The van der Waals surface area contributed by atoms with Crippen molar-refractivity contribution in [3.8, 4) is 0 Å². The molecule has 1 aliphatic heterocycles. The zero-order valence-electron chi connectivity index (χ0n) is 16.3. The van der Waals surface area contributed by atoms with Crippen molar-refractivity contribution in [3.63, 3.8) is 0 Å². The maximum Gasteiger partial charge on any atom is 0.276 e. The zero-order chi connectivity index (χ0) is 19.8. The maximum absolute atomic E-state index is 9.66. The van der Waals surface area contributed by atoms with Crippen LogP contribution in [0.3, 0.4) is 0 Å². The fourth-order valence-corrected chi connectivity index (χ4v) is 5.43. The van der Waals surface area contributed by atoms with Crippen molar-refractivity contribution in [2.45, 2.75) is 38.9 Å². The third-order valence-corrected chi connectivity index (χ3v) is 6.86. The van der Waals surface area contributed by atoms with Crippen molar-refractivity contribution in [2.75, 3.05) is 18.5 Å². The molecule has 0 radical (unpaired) electrons. The summed E-state index contributed by atoms with van der Waals surface area (Å²) in [6, 6.07) is 10.6. The van der Waals surface area contributed by atoms with E-state index in [1.807, 2.05) is 0 Å². The number of fused-ring (bicyclic) bond motifs is 5. The van der Waals surface area contributed by atoms with Crippen molar-refractivity contribution in [1.29, 1.82) is 0 Å². The molecule has 29 heavy (non-hydrogen) atoms. The van der Waals surface area contributed by atoms with Gasteiger partial charge in [0.05, 0.1) is 29.5 Å². The Morgan fingerprint density at radius 3 is 2.97 bits per heavy atom. The van der Waals surface area contributed by atoms with E-state index in [0.717, 1.165) is 48.5 Å². The SMILES string of the molecule is CC[C@@H](CO)Nc1nc2nnnn2c2sc3c(c12)CC[NH+](Cc1ccccc1)C3. The highest BCUT2D eigenvalue weighted by Crippen LogP contribution is 2.36. The van der Waals surface area contributed by atoms with Crippen LogP contribution >= 0.6 is 11.3 Å². The van der Waals surface area contributed by atoms with Crippen LogP contribution in [0.15, 0.2) is 30.3 Å². The van der Waals surface area contributed by atoms with Crippen molar-refractivity contribution in [2.24, 2.45) is 0 Å². The Morgan fingerprint density at radius 2 is 2.17 bits per heavy atom. The molecule has 4 heterocycles. The lowest BCUT2D eigenvalue weighted by Gasteiger charge is -2.24. The summed E-state index contributed by atoms with van der Waals surface area (Å²) in [4.78, 5) is 8.64. The summed E-state index contributed by atoms with van der Waals surface area (Å²) in [5, 5.41) is 26.2. The summed E-state index contributed by atoms with van der Waals surface area (Å²) in [6.07, 6.45) is 1.81. The molecule has 3 N–H and O–H groups in total. The molecule has 150 valence electrons. The molecule has 9 heteroatoms. The predicted molar refractivity (Wildman–Crippen MR) is 112 cm³/mol. The molecule has 0 saturated carbocycles. The molecule has 4 aromatic rings. The highest BCUT2D eigenvalue weighted by molar-refractivity contribution is 7.19. The van der Waals surface area contributed by atoms with Gasteiger partial charge in [0, 0.05) is 12.0 Å². The van der Waals surface area contributed by atoms with Gasteiger partial charge in [0.2, 0.25) is 0 Å². The van der Waals surface area contributed by atoms with Gasteiger partial charge >= 0.3 is 0 Å². The molecular formula is C20H24N7OS+. The van der Waals surface area contributed by atoms with Gasteiger partial charge in [-0.05, 0) is 22.4 Å². The van der Waals surface area contributed by atoms with Gasteiger partial charge in [-0.3, -0.25) is 0 Å². The second-order valence-corrected chi connectivity index (χ2v) is 8.64. The number of hydrogen-bond acceptors (Lipinski definition) is 7. The van der Waals surface area contributed by atoms with Gasteiger partial charge in [0.25, 0.3) is 5.78 Å². The molecule has 2 atom stereocenters. The summed E-state index contributed by atoms with van der Waals surface area (Å²) in [7, 11) is 0. The maximum atomic E-state index is 9.66. The number of nitrogens with zero attached hydrogens (tertiary/aromatic N) is 5. The molecule has 8 nitrogen and oxygen atoms in total. The van der Waals surface area contributed by atoms with E-state index >= 15 is 0 Å². The lowest BCUT2D eigenvalue weighted by atomic mass is 10.0. The lowest BCUT2D eigenvalue weighted by Crippen LogP contribution is -3.10. The van der Waals surface area contributed by atoms with Gasteiger partial charge in [-0.1, -0.05) is 42.4 Å². The van der Waals surface area contributed by atoms with Crippen LogP contribution in [-0.2, 0) is 19.5 Å². The van der Waals surface area contributed by atoms with Crippen LogP contribution in [0.2, 0.25) is 0 Å². The summed E-state index contributed by atoms with van der Waals surface area (Å²) < 4.78 is 1.74. The van der Waals surface area contributed by atoms with Crippen LogP contribution in [0.1, 0.15) is 29.3 Å². The highest BCUT2D eigenvalue weighted by atomic mass is 32.1. The Labute approximate surface area is 172 Å². The van der Waals surface area contributed by atoms with E-state index in [1.165, 1.54) is 16.0 Å². The molecule has 1 aromatic carbocycles. The number of aliphatic hydroxyl groups excluding tert-OH is 1. The van der Waals surface area contributed by atoms with E-state index < -0.39 is 0 Å². The van der Waals surface area contributed by atoms with Crippen molar-refractivity contribution >= 4 is 33.1 Å². The largest absolute Gasteiger partial charge is 0.394 e. The van der Waals surface area contributed by atoms with Crippen LogP contribution in [-0.4, -0.2) is 49.3 Å². The lowest BCUT2D eigenvalue weighted by molar-refractivity contribution is -0.929. The quantitative estimate of drug-likeness (QED) is 0.440. The molecular weight excluding hydrogens is 386 g/mol. The van der Waals surface area contributed by atoms with Crippen molar-refractivity contribution in [1.82, 2.24) is 25.0 Å². The molecule has 0 saturated heterocycles. The fourth-order valence-electron chi connectivity index (χ4n) is 4.07. The number of benzene rings is 1. The number of quaternary nitrogens is 1. The molecule has 5 rings (SSSR count). The number of rotatable bonds is 6. The molecule has 0 fully saturated rings. The summed E-state index contributed by atoms with van der Waals surface area (Å²) >= 11 is 1.76. The Kier molecular flexibility index (Phi) is 4.86. The van der Waals surface area contributed by atoms with Crippen LogP contribution in [0, 0.1) is 0 Å². The number of tetrazole rings is 1. The minimum absolute atomic E-state index is 0.0385. The smallest absolute Gasteiger partial charge is 0.276 e. The Hall–Kier alpha value is -2.62. The normalized spacial score (nSPS) is 17.5. The first-order valence-electron chi connectivity index (χ1n) is 10.0. The Bertz CT molecular complexity index is 1140. The second-order valence-electron chi connectivity index (χ2n) is 7.56. The van der Waals surface area contributed by atoms with Crippen molar-refractivity contribution in [3.05, 3.63) is 46.3 Å². The number of anilines is 1. The van der Waals surface area contributed by atoms with Crippen LogP contribution in [0.25, 0.3) is 16.0 Å². The first kappa shape index (κ1) is 18.4. The van der Waals surface area contributed by atoms with E-state index in [9.17, 15) is 5.11 Å². The standard InChI is InChI=1S/C20H23N7OS/c1-2-14(12-28)21-18-17-15-8-9-26(10-13-6-4-3-5-7-13)11-16(15)29-19(17)27-20(22-18)23-24-25-27/h3-7,14,28H,2,8-12H2,1H3,(H,21,22,23,25)/p+1/t14-/m0/s1.